The van der Waals surface area contributed by atoms with E-state index in [0.717, 1.165) is 11.7 Å². The van der Waals surface area contributed by atoms with Crippen molar-refractivity contribution in [1.29, 1.82) is 0 Å². The molecule has 0 spiro atoms. The maximum Gasteiger partial charge on any atom is 0.435 e. The quantitative estimate of drug-likeness (QED) is 0.520. The van der Waals surface area contributed by atoms with Crippen molar-refractivity contribution >= 4 is 35.3 Å². The van der Waals surface area contributed by atoms with Gasteiger partial charge < -0.3 is 19.5 Å². The van der Waals surface area contributed by atoms with Crippen molar-refractivity contribution in [2.45, 2.75) is 24.9 Å². The molecule has 1 fully saturated rings. The minimum Gasteiger partial charge on any atom is -0.460 e. The number of halogens is 1. The van der Waals surface area contributed by atoms with Crippen LogP contribution in [0.2, 0.25) is 0 Å². The maximum atomic E-state index is 12.0. The molecule has 0 bridgehead atoms. The predicted molar refractivity (Wildman–Crippen MR) is 92.0 cm³/mol. The number of carbonyl (C=O) groups is 1. The van der Waals surface area contributed by atoms with Crippen LogP contribution in [-0.2, 0) is 18.6 Å². The summed E-state index contributed by atoms with van der Waals surface area (Å²) in [5.74, 6) is 0. The van der Waals surface area contributed by atoms with E-state index in [1.165, 1.54) is 17.3 Å². The van der Waals surface area contributed by atoms with Crippen LogP contribution in [0.5, 0.6) is 0 Å². The summed E-state index contributed by atoms with van der Waals surface area (Å²) < 4.78 is 26.9. The van der Waals surface area contributed by atoms with E-state index in [1.54, 1.807) is 0 Å². The first-order valence-corrected chi connectivity index (χ1v) is 9.70. The number of carbonyl (C=O) groups excluding carboxylic acids is 1. The van der Waals surface area contributed by atoms with Gasteiger partial charge in [-0.15, -0.1) is 0 Å². The molecule has 2 rings (SSSR count). The van der Waals surface area contributed by atoms with Crippen molar-refractivity contribution in [3.8, 4) is 0 Å². The van der Waals surface area contributed by atoms with Gasteiger partial charge in [-0.25, -0.2) is 14.2 Å². The summed E-state index contributed by atoms with van der Waals surface area (Å²) in [4.78, 5) is 47.7. The van der Waals surface area contributed by atoms with Crippen molar-refractivity contribution in [1.82, 2.24) is 9.55 Å². The Morgan fingerprint density at radius 3 is 2.88 bits per heavy atom. The summed E-state index contributed by atoms with van der Waals surface area (Å²) in [5.41, 5.74) is -2.61. The third kappa shape index (κ3) is 4.58. The average molecular weight is 455 g/mol. The highest BCUT2D eigenvalue weighted by Crippen LogP contribution is 2.44. The van der Waals surface area contributed by atoms with Gasteiger partial charge in [-0.1, -0.05) is 15.9 Å². The molecule has 1 aromatic rings. The molecule has 26 heavy (non-hydrogen) atoms. The highest BCUT2D eigenvalue weighted by atomic mass is 79.9. The predicted octanol–water partition coefficient (Wildman–Crippen LogP) is 0.519. The first kappa shape index (κ1) is 20.7. The Hall–Kier alpha value is -1.56. The molecule has 0 saturated carbocycles. The molecule has 0 aliphatic carbocycles. The van der Waals surface area contributed by atoms with Crippen LogP contribution in [0.3, 0.4) is 0 Å². The average Bonchev–Trinajstić information content (AvgIpc) is 2.95. The first-order chi connectivity index (χ1) is 12.2. The maximum absolute atomic E-state index is 12.0. The highest BCUT2D eigenvalue weighted by molar-refractivity contribution is 9.11. The van der Waals surface area contributed by atoms with Crippen molar-refractivity contribution in [2.75, 3.05) is 13.7 Å². The number of ether oxygens (including phenoxy) is 2. The van der Waals surface area contributed by atoms with Crippen LogP contribution in [0.4, 0.5) is 4.79 Å². The lowest BCUT2D eigenvalue weighted by molar-refractivity contribution is -0.0423. The van der Waals surface area contributed by atoms with Gasteiger partial charge in [0.05, 0.1) is 25.4 Å². The number of nitrogens with zero attached hydrogens (tertiary/aromatic N) is 1. The summed E-state index contributed by atoms with van der Waals surface area (Å²) in [5, 5.41) is 10.0. The summed E-state index contributed by atoms with van der Waals surface area (Å²) in [6.45, 7) is -0.577. The molecule has 0 aromatic carbocycles. The van der Waals surface area contributed by atoms with Crippen LogP contribution >= 0.6 is 23.5 Å². The second-order valence-corrected chi connectivity index (χ2v) is 7.45. The van der Waals surface area contributed by atoms with E-state index in [2.05, 4.69) is 30.2 Å². The van der Waals surface area contributed by atoms with E-state index in [0.29, 0.717) is 0 Å². The Bertz CT molecular complexity index is 864. The molecule has 1 aromatic heterocycles. The van der Waals surface area contributed by atoms with Gasteiger partial charge in [-0.2, -0.15) is 0 Å². The van der Waals surface area contributed by atoms with Crippen LogP contribution < -0.4 is 11.2 Å². The molecule has 144 valence electrons. The number of hydrogen-bond donors (Lipinski definition) is 3. The number of aromatic nitrogens is 2. The van der Waals surface area contributed by atoms with Gasteiger partial charge in [-0.3, -0.25) is 18.9 Å². The molecule has 4 atom stereocenters. The van der Waals surface area contributed by atoms with E-state index >= 15 is 0 Å². The van der Waals surface area contributed by atoms with Gasteiger partial charge in [0.1, 0.15) is 12.3 Å². The van der Waals surface area contributed by atoms with Gasteiger partial charge in [0, 0.05) is 12.6 Å². The lowest BCUT2D eigenvalue weighted by atomic mass is 10.2. The number of aliphatic hydroxyl groups is 1. The fourth-order valence-corrected chi connectivity index (χ4v) is 3.25. The second-order valence-electron chi connectivity index (χ2n) is 5.26. The minimum absolute atomic E-state index is 0.0363. The van der Waals surface area contributed by atoms with Crippen molar-refractivity contribution in [2.24, 2.45) is 0 Å². The molecule has 3 N–H and O–H groups in total. The largest absolute Gasteiger partial charge is 0.460 e. The number of rotatable bonds is 6. The molecule has 1 aliphatic rings. The van der Waals surface area contributed by atoms with Crippen LogP contribution in [0.1, 0.15) is 18.2 Å². The minimum atomic E-state index is -4.67. The smallest absolute Gasteiger partial charge is 0.435 e. The molecule has 0 radical (unpaired) electrons. The first-order valence-electron chi connectivity index (χ1n) is 7.21. The van der Waals surface area contributed by atoms with Gasteiger partial charge in [-0.05, 0) is 11.1 Å². The van der Waals surface area contributed by atoms with E-state index in [1.807, 2.05) is 0 Å². The lowest BCUT2D eigenvalue weighted by Crippen LogP contribution is -2.33. The summed E-state index contributed by atoms with van der Waals surface area (Å²) in [6.07, 6.45) is -0.512. The monoisotopic (exact) mass is 454 g/mol. The third-order valence-corrected chi connectivity index (χ3v) is 4.98. The SMILES string of the molecule is COC(=O)P(=O)(O)OCC1OC(n2cc(/C=C\Br)c(=O)[nH]c2=O)CC1O. The zero-order chi connectivity index (χ0) is 19.5. The zero-order valence-electron chi connectivity index (χ0n) is 13.4. The summed E-state index contributed by atoms with van der Waals surface area (Å²) in [7, 11) is -3.75. The fraction of sp³-hybridized carbons (Fsp3) is 0.462. The van der Waals surface area contributed by atoms with Crippen LogP contribution in [0.25, 0.3) is 6.08 Å². The van der Waals surface area contributed by atoms with Crippen molar-refractivity contribution in [3.05, 3.63) is 37.6 Å². The number of nitrogens with one attached hydrogen (secondary N) is 1. The number of aliphatic hydroxyl groups excluding tert-OH is 1. The van der Waals surface area contributed by atoms with Gasteiger partial charge >= 0.3 is 19.0 Å². The van der Waals surface area contributed by atoms with E-state index in [9.17, 15) is 28.9 Å². The zero-order valence-corrected chi connectivity index (χ0v) is 15.9. The molecule has 1 aliphatic heterocycles. The number of aromatic amines is 1. The normalized spacial score (nSPS) is 25.3. The Labute approximate surface area is 154 Å². The van der Waals surface area contributed by atoms with Crippen molar-refractivity contribution < 1.29 is 33.4 Å². The van der Waals surface area contributed by atoms with Gasteiger partial charge in [0.2, 0.25) is 0 Å². The summed E-state index contributed by atoms with van der Waals surface area (Å²) >= 11 is 3.03. The second kappa shape index (κ2) is 8.42. The molecular formula is C13H16BrN2O9P. The molecular weight excluding hydrogens is 439 g/mol. The Balaban J connectivity index is 2.15. The number of hydrogen-bond acceptors (Lipinski definition) is 8. The fourth-order valence-electron chi connectivity index (χ4n) is 2.28. The lowest BCUT2D eigenvalue weighted by Gasteiger charge is -2.17. The number of methoxy groups -OCH3 is 1. The molecule has 0 amide bonds. The Morgan fingerprint density at radius 1 is 1.58 bits per heavy atom. The topological polar surface area (TPSA) is 157 Å². The van der Waals surface area contributed by atoms with Crippen LogP contribution in [0.15, 0.2) is 20.8 Å². The van der Waals surface area contributed by atoms with Crippen LogP contribution in [-0.4, -0.2) is 51.2 Å². The van der Waals surface area contributed by atoms with Gasteiger partial charge in [0.15, 0.2) is 0 Å². The van der Waals surface area contributed by atoms with E-state index in [4.69, 9.17) is 4.74 Å². The molecule has 2 heterocycles. The molecule has 11 nitrogen and oxygen atoms in total. The Kier molecular flexibility index (Phi) is 6.72. The molecule has 13 heteroatoms. The molecule has 1 saturated heterocycles. The Morgan fingerprint density at radius 2 is 2.27 bits per heavy atom. The highest BCUT2D eigenvalue weighted by Gasteiger charge is 2.39. The third-order valence-electron chi connectivity index (χ3n) is 3.57. The van der Waals surface area contributed by atoms with Gasteiger partial charge in [0.25, 0.3) is 5.56 Å². The summed E-state index contributed by atoms with van der Waals surface area (Å²) in [6, 6.07) is 0. The molecule has 4 unspecified atom stereocenters. The standard InChI is InChI=1S/C13H16BrN2O9P/c1-23-13(20)26(21,22)24-6-9-8(17)4-10(25-9)16-5-7(2-3-14)11(18)15-12(16)19/h2-3,5,8-10,17H,4,6H2,1H3,(H,21,22)(H,15,18,19)/b3-2-. The number of H-pyrrole nitrogens is 1. The van der Waals surface area contributed by atoms with Crippen molar-refractivity contribution in [3.63, 3.8) is 0 Å². The van der Waals surface area contributed by atoms with E-state index < -0.39 is 49.6 Å². The van der Waals surface area contributed by atoms with E-state index in [-0.39, 0.29) is 12.0 Å². The van der Waals surface area contributed by atoms with Crippen LogP contribution in [0, 0.1) is 0 Å².